The highest BCUT2D eigenvalue weighted by Gasteiger charge is 2.18. The molecule has 0 unspecified atom stereocenters. The Bertz CT molecular complexity index is 653. The van der Waals surface area contributed by atoms with E-state index in [2.05, 4.69) is 30.8 Å². The average Bonchev–Trinajstić information content (AvgIpc) is 2.41. The Hall–Kier alpha value is -1.60. The summed E-state index contributed by atoms with van der Waals surface area (Å²) in [6.07, 6.45) is -0.573. The van der Waals surface area contributed by atoms with Crippen molar-refractivity contribution in [3.05, 3.63) is 29.8 Å². The molecule has 0 saturated carbocycles. The smallest absolute Gasteiger partial charge is 0.407 e. The number of hydrogen-bond donors (Lipinski definition) is 2. The summed E-state index contributed by atoms with van der Waals surface area (Å²) in [7, 11) is -3.60. The number of ether oxygens (including phenoxy) is 1. The standard InChI is InChI=1S/C17H28N2O4S/c1-16(2,3)13-7-9-14(10-8-13)24(21,22)19-12-11-18-15(20)23-17(4,5)6/h7-10,19H,11-12H2,1-6H3,(H,18,20). The van der Waals surface area contributed by atoms with Crippen LogP contribution >= 0.6 is 0 Å². The van der Waals surface area contributed by atoms with Gasteiger partial charge in [-0.1, -0.05) is 32.9 Å². The quantitative estimate of drug-likeness (QED) is 0.795. The van der Waals surface area contributed by atoms with Crippen LogP contribution in [-0.4, -0.2) is 33.2 Å². The van der Waals surface area contributed by atoms with Gasteiger partial charge in [0.2, 0.25) is 10.0 Å². The van der Waals surface area contributed by atoms with Gasteiger partial charge < -0.3 is 10.1 Å². The van der Waals surface area contributed by atoms with Crippen LogP contribution in [0.4, 0.5) is 4.79 Å². The van der Waals surface area contributed by atoms with Gasteiger partial charge in [-0.25, -0.2) is 17.9 Å². The van der Waals surface area contributed by atoms with E-state index in [0.29, 0.717) is 0 Å². The molecule has 1 aromatic carbocycles. The zero-order valence-corrected chi connectivity index (χ0v) is 16.1. The summed E-state index contributed by atoms with van der Waals surface area (Å²) in [6, 6.07) is 6.80. The number of rotatable bonds is 5. The van der Waals surface area contributed by atoms with Crippen LogP contribution in [0.25, 0.3) is 0 Å². The van der Waals surface area contributed by atoms with E-state index in [1.54, 1.807) is 32.9 Å². The number of hydrogen-bond acceptors (Lipinski definition) is 4. The van der Waals surface area contributed by atoms with Crippen LogP contribution in [0.5, 0.6) is 0 Å². The molecule has 6 nitrogen and oxygen atoms in total. The lowest BCUT2D eigenvalue weighted by Crippen LogP contribution is -2.37. The maximum atomic E-state index is 12.2. The van der Waals surface area contributed by atoms with Crippen LogP contribution in [0.2, 0.25) is 0 Å². The molecule has 0 aliphatic carbocycles. The lowest BCUT2D eigenvalue weighted by Gasteiger charge is -2.20. The third-order valence-corrected chi connectivity index (χ3v) is 4.59. The zero-order valence-electron chi connectivity index (χ0n) is 15.3. The molecule has 136 valence electrons. The molecule has 0 spiro atoms. The molecule has 2 N–H and O–H groups in total. The van der Waals surface area contributed by atoms with Crippen LogP contribution < -0.4 is 10.0 Å². The molecular weight excluding hydrogens is 328 g/mol. The summed E-state index contributed by atoms with van der Waals surface area (Å²) in [5.74, 6) is 0. The lowest BCUT2D eigenvalue weighted by atomic mass is 9.87. The van der Waals surface area contributed by atoms with E-state index in [4.69, 9.17) is 4.74 Å². The molecule has 0 atom stereocenters. The summed E-state index contributed by atoms with van der Waals surface area (Å²) in [4.78, 5) is 11.7. The van der Waals surface area contributed by atoms with Crippen molar-refractivity contribution in [2.45, 2.75) is 57.5 Å². The number of carbonyl (C=O) groups is 1. The van der Waals surface area contributed by atoms with Gasteiger partial charge in [-0.15, -0.1) is 0 Å². The highest BCUT2D eigenvalue weighted by atomic mass is 32.2. The maximum Gasteiger partial charge on any atom is 0.407 e. The van der Waals surface area contributed by atoms with Crippen LogP contribution in [-0.2, 0) is 20.2 Å². The van der Waals surface area contributed by atoms with E-state index < -0.39 is 21.7 Å². The highest BCUT2D eigenvalue weighted by molar-refractivity contribution is 7.89. The fourth-order valence-electron chi connectivity index (χ4n) is 1.88. The van der Waals surface area contributed by atoms with Crippen molar-refractivity contribution in [3.63, 3.8) is 0 Å². The van der Waals surface area contributed by atoms with Crippen molar-refractivity contribution in [1.29, 1.82) is 0 Å². The average molecular weight is 356 g/mol. The van der Waals surface area contributed by atoms with Crippen LogP contribution in [0.1, 0.15) is 47.1 Å². The van der Waals surface area contributed by atoms with Crippen molar-refractivity contribution in [1.82, 2.24) is 10.0 Å². The minimum atomic E-state index is -3.60. The second kappa shape index (κ2) is 7.53. The van der Waals surface area contributed by atoms with Crippen LogP contribution in [0.15, 0.2) is 29.2 Å². The summed E-state index contributed by atoms with van der Waals surface area (Å²) in [6.45, 7) is 11.7. The molecule has 24 heavy (non-hydrogen) atoms. The first kappa shape index (κ1) is 20.4. The third kappa shape index (κ3) is 6.88. The predicted octanol–water partition coefficient (Wildman–Crippen LogP) is 2.79. The molecule has 0 aromatic heterocycles. The fourth-order valence-corrected chi connectivity index (χ4v) is 2.91. The minimum absolute atomic E-state index is 0.0347. The molecule has 0 saturated heterocycles. The van der Waals surface area contributed by atoms with E-state index in [1.807, 2.05) is 12.1 Å². The Morgan fingerprint density at radius 1 is 1.00 bits per heavy atom. The Morgan fingerprint density at radius 3 is 2.00 bits per heavy atom. The van der Waals surface area contributed by atoms with Crippen molar-refractivity contribution in [2.24, 2.45) is 0 Å². The molecule has 0 radical (unpaired) electrons. The number of carbonyl (C=O) groups excluding carboxylic acids is 1. The van der Waals surface area contributed by atoms with Gasteiger partial charge in [0.1, 0.15) is 5.60 Å². The molecule has 0 heterocycles. The molecule has 0 aliphatic rings. The predicted molar refractivity (Wildman–Crippen MR) is 94.6 cm³/mol. The number of alkyl carbamates (subject to hydrolysis) is 1. The van der Waals surface area contributed by atoms with Gasteiger partial charge in [-0.05, 0) is 43.9 Å². The van der Waals surface area contributed by atoms with Crippen molar-refractivity contribution in [3.8, 4) is 0 Å². The first-order valence-electron chi connectivity index (χ1n) is 7.88. The molecule has 1 amide bonds. The van der Waals surface area contributed by atoms with Gasteiger partial charge in [0.25, 0.3) is 0 Å². The SMILES string of the molecule is CC(C)(C)OC(=O)NCCNS(=O)(=O)c1ccc(C(C)(C)C)cc1. The first-order chi connectivity index (χ1) is 10.8. The van der Waals surface area contributed by atoms with Crippen molar-refractivity contribution in [2.75, 3.05) is 13.1 Å². The normalized spacial score (nSPS) is 12.8. The lowest BCUT2D eigenvalue weighted by molar-refractivity contribution is 0.0529. The number of nitrogens with one attached hydrogen (secondary N) is 2. The largest absolute Gasteiger partial charge is 0.444 e. The molecule has 0 aliphatic heterocycles. The van der Waals surface area contributed by atoms with Crippen molar-refractivity contribution < 1.29 is 17.9 Å². The molecule has 1 aromatic rings. The van der Waals surface area contributed by atoms with Gasteiger partial charge in [0.05, 0.1) is 4.90 Å². The summed E-state index contributed by atoms with van der Waals surface area (Å²) in [5.41, 5.74) is 0.443. The maximum absolute atomic E-state index is 12.2. The summed E-state index contributed by atoms with van der Waals surface area (Å²) >= 11 is 0. The van der Waals surface area contributed by atoms with Gasteiger partial charge >= 0.3 is 6.09 Å². The Morgan fingerprint density at radius 2 is 1.54 bits per heavy atom. The zero-order chi connectivity index (χ0) is 18.6. The number of benzene rings is 1. The Kier molecular flexibility index (Phi) is 6.41. The first-order valence-corrected chi connectivity index (χ1v) is 9.37. The second-order valence-electron chi connectivity index (χ2n) is 7.60. The highest BCUT2D eigenvalue weighted by Crippen LogP contribution is 2.23. The summed E-state index contributed by atoms with van der Waals surface area (Å²) in [5, 5.41) is 2.50. The number of sulfonamides is 1. The van der Waals surface area contributed by atoms with E-state index in [0.717, 1.165) is 5.56 Å². The molecule has 7 heteroatoms. The molecular formula is C17H28N2O4S. The van der Waals surface area contributed by atoms with E-state index in [-0.39, 0.29) is 23.4 Å². The van der Waals surface area contributed by atoms with Crippen molar-refractivity contribution >= 4 is 16.1 Å². The third-order valence-electron chi connectivity index (χ3n) is 3.12. The van der Waals surface area contributed by atoms with E-state index >= 15 is 0 Å². The molecule has 0 bridgehead atoms. The van der Waals surface area contributed by atoms with Crippen LogP contribution in [0.3, 0.4) is 0 Å². The van der Waals surface area contributed by atoms with Gasteiger partial charge in [-0.2, -0.15) is 0 Å². The monoisotopic (exact) mass is 356 g/mol. The van der Waals surface area contributed by atoms with E-state index in [1.165, 1.54) is 0 Å². The van der Waals surface area contributed by atoms with E-state index in [9.17, 15) is 13.2 Å². The number of amides is 1. The second-order valence-corrected chi connectivity index (χ2v) is 9.37. The van der Waals surface area contributed by atoms with Gasteiger partial charge in [-0.3, -0.25) is 0 Å². The van der Waals surface area contributed by atoms with Gasteiger partial charge in [0, 0.05) is 13.1 Å². The van der Waals surface area contributed by atoms with Gasteiger partial charge in [0.15, 0.2) is 0 Å². The Balaban J connectivity index is 2.54. The topological polar surface area (TPSA) is 84.5 Å². The summed E-state index contributed by atoms with van der Waals surface area (Å²) < 4.78 is 31.9. The molecule has 1 rings (SSSR count). The fraction of sp³-hybridized carbons (Fsp3) is 0.588. The Labute approximate surface area is 145 Å². The minimum Gasteiger partial charge on any atom is -0.444 e. The molecule has 0 fully saturated rings. The van der Waals surface area contributed by atoms with Crippen LogP contribution in [0, 0.1) is 0 Å².